The molecule has 1 nitrogen and oxygen atoms in total. The summed E-state index contributed by atoms with van der Waals surface area (Å²) in [5, 5.41) is 0. The van der Waals surface area contributed by atoms with Gasteiger partial charge in [-0.25, -0.2) is 0 Å². The molecule has 1 aliphatic heterocycles. The molecule has 0 spiro atoms. The van der Waals surface area contributed by atoms with Crippen LogP contribution in [0.1, 0.15) is 31.2 Å². The summed E-state index contributed by atoms with van der Waals surface area (Å²) in [4.78, 5) is 0. The molecule has 1 aromatic rings. The molecule has 0 bridgehead atoms. The van der Waals surface area contributed by atoms with Crippen LogP contribution in [0.2, 0.25) is 0 Å². The third-order valence-corrected chi connectivity index (χ3v) is 2.69. The minimum Gasteiger partial charge on any atom is -0.373 e. The van der Waals surface area contributed by atoms with Gasteiger partial charge in [0.2, 0.25) is 0 Å². The van der Waals surface area contributed by atoms with Crippen LogP contribution in [0.4, 0.5) is 0 Å². The van der Waals surface area contributed by atoms with Gasteiger partial charge in [0.15, 0.2) is 0 Å². The summed E-state index contributed by atoms with van der Waals surface area (Å²) in [6.45, 7) is 3.28. The molecular weight excluding hydrogens is 160 g/mol. The second-order valence-electron chi connectivity index (χ2n) is 3.84. The zero-order valence-corrected chi connectivity index (χ0v) is 8.07. The number of ether oxygens (including phenoxy) is 1. The van der Waals surface area contributed by atoms with Crippen LogP contribution < -0.4 is 0 Å². The predicted octanol–water partition coefficient (Wildman–Crippen LogP) is 2.97. The minimum absolute atomic E-state index is 0.575. The molecule has 2 rings (SSSR count). The van der Waals surface area contributed by atoms with Gasteiger partial charge < -0.3 is 4.74 Å². The Morgan fingerprint density at radius 2 is 2.08 bits per heavy atom. The van der Waals surface area contributed by atoms with Gasteiger partial charge in [-0.15, -0.1) is 0 Å². The van der Waals surface area contributed by atoms with Crippen molar-refractivity contribution in [2.24, 2.45) is 0 Å². The van der Waals surface area contributed by atoms with Crippen LogP contribution in [0.3, 0.4) is 0 Å². The van der Waals surface area contributed by atoms with E-state index in [0.29, 0.717) is 12.0 Å². The van der Waals surface area contributed by atoms with Crippen LogP contribution in [-0.4, -0.2) is 12.7 Å². The highest BCUT2D eigenvalue weighted by Crippen LogP contribution is 2.25. The van der Waals surface area contributed by atoms with Crippen molar-refractivity contribution in [3.8, 4) is 0 Å². The van der Waals surface area contributed by atoms with E-state index in [4.69, 9.17) is 4.74 Å². The Morgan fingerprint density at radius 3 is 2.69 bits per heavy atom. The Hall–Kier alpha value is -0.820. The van der Waals surface area contributed by atoms with Gasteiger partial charge in [-0.05, 0) is 24.3 Å². The highest BCUT2D eigenvalue weighted by Gasteiger charge is 2.22. The summed E-state index contributed by atoms with van der Waals surface area (Å²) in [5.41, 5.74) is 1.45. The average Bonchev–Trinajstić information content (AvgIpc) is 2.99. The van der Waals surface area contributed by atoms with E-state index in [9.17, 15) is 0 Å². The lowest BCUT2D eigenvalue weighted by Crippen LogP contribution is -1.95. The van der Waals surface area contributed by atoms with E-state index in [1.165, 1.54) is 18.4 Å². The fraction of sp³-hybridized carbons (Fsp3) is 0.500. The smallest absolute Gasteiger partial charge is 0.0810 e. The van der Waals surface area contributed by atoms with Crippen molar-refractivity contribution in [3.05, 3.63) is 35.9 Å². The molecule has 13 heavy (non-hydrogen) atoms. The van der Waals surface area contributed by atoms with Crippen molar-refractivity contribution in [3.63, 3.8) is 0 Å². The molecule has 0 N–H and O–H groups in total. The van der Waals surface area contributed by atoms with Gasteiger partial charge in [-0.2, -0.15) is 0 Å². The first-order valence-electron chi connectivity index (χ1n) is 5.03. The Morgan fingerprint density at radius 1 is 1.38 bits per heavy atom. The van der Waals surface area contributed by atoms with E-state index in [2.05, 4.69) is 37.3 Å². The SMILES string of the molecule is CC(CCC1CO1)c1ccccc1. The van der Waals surface area contributed by atoms with Gasteiger partial charge in [0.25, 0.3) is 0 Å². The Balaban J connectivity index is 1.85. The maximum Gasteiger partial charge on any atom is 0.0810 e. The van der Waals surface area contributed by atoms with Crippen LogP contribution in [0.5, 0.6) is 0 Å². The maximum absolute atomic E-state index is 5.19. The number of hydrogen-bond donors (Lipinski definition) is 0. The average molecular weight is 176 g/mol. The fourth-order valence-corrected chi connectivity index (χ4v) is 1.62. The van der Waals surface area contributed by atoms with Gasteiger partial charge in [0.05, 0.1) is 12.7 Å². The summed E-state index contributed by atoms with van der Waals surface area (Å²) < 4.78 is 5.19. The molecule has 2 unspecified atom stereocenters. The Labute approximate surface area is 79.7 Å². The van der Waals surface area contributed by atoms with Crippen molar-refractivity contribution < 1.29 is 4.74 Å². The van der Waals surface area contributed by atoms with Gasteiger partial charge >= 0.3 is 0 Å². The lowest BCUT2D eigenvalue weighted by atomic mass is 9.96. The monoisotopic (exact) mass is 176 g/mol. The Kier molecular flexibility index (Phi) is 2.65. The predicted molar refractivity (Wildman–Crippen MR) is 53.8 cm³/mol. The van der Waals surface area contributed by atoms with E-state index in [0.717, 1.165) is 6.61 Å². The van der Waals surface area contributed by atoms with E-state index in [1.54, 1.807) is 0 Å². The third-order valence-electron chi connectivity index (χ3n) is 2.69. The molecule has 1 fully saturated rings. The summed E-state index contributed by atoms with van der Waals surface area (Å²) in [5.74, 6) is 0.672. The molecule has 2 atom stereocenters. The molecule has 1 heteroatoms. The molecule has 0 amide bonds. The molecule has 70 valence electrons. The van der Waals surface area contributed by atoms with Crippen molar-refractivity contribution in [2.75, 3.05) is 6.61 Å². The normalized spacial score (nSPS) is 22.7. The molecular formula is C12H16O. The highest BCUT2D eigenvalue weighted by molar-refractivity contribution is 5.18. The molecule has 0 radical (unpaired) electrons. The number of epoxide rings is 1. The van der Waals surface area contributed by atoms with E-state index >= 15 is 0 Å². The molecule has 1 aliphatic rings. The lowest BCUT2D eigenvalue weighted by Gasteiger charge is -2.09. The van der Waals surface area contributed by atoms with Crippen LogP contribution in [0, 0.1) is 0 Å². The minimum atomic E-state index is 0.575. The van der Waals surface area contributed by atoms with Crippen LogP contribution >= 0.6 is 0 Å². The summed E-state index contributed by atoms with van der Waals surface area (Å²) in [6, 6.07) is 10.7. The summed E-state index contributed by atoms with van der Waals surface area (Å²) in [6.07, 6.45) is 3.04. The van der Waals surface area contributed by atoms with E-state index in [1.807, 2.05) is 0 Å². The van der Waals surface area contributed by atoms with Crippen molar-refractivity contribution in [1.29, 1.82) is 0 Å². The summed E-state index contributed by atoms with van der Waals surface area (Å²) in [7, 11) is 0. The first-order valence-corrected chi connectivity index (χ1v) is 5.03. The van der Waals surface area contributed by atoms with Crippen LogP contribution in [0.25, 0.3) is 0 Å². The van der Waals surface area contributed by atoms with Gasteiger partial charge in [-0.1, -0.05) is 37.3 Å². The largest absolute Gasteiger partial charge is 0.373 e. The number of rotatable bonds is 4. The fourth-order valence-electron chi connectivity index (χ4n) is 1.62. The van der Waals surface area contributed by atoms with E-state index in [-0.39, 0.29) is 0 Å². The maximum atomic E-state index is 5.19. The van der Waals surface area contributed by atoms with Gasteiger partial charge in [-0.3, -0.25) is 0 Å². The van der Waals surface area contributed by atoms with E-state index < -0.39 is 0 Å². The molecule has 1 saturated heterocycles. The molecule has 1 heterocycles. The topological polar surface area (TPSA) is 12.5 Å². The second kappa shape index (κ2) is 3.93. The number of benzene rings is 1. The van der Waals surface area contributed by atoms with Crippen LogP contribution in [0.15, 0.2) is 30.3 Å². The lowest BCUT2D eigenvalue weighted by molar-refractivity contribution is 0.386. The zero-order chi connectivity index (χ0) is 9.10. The second-order valence-corrected chi connectivity index (χ2v) is 3.84. The van der Waals surface area contributed by atoms with Gasteiger partial charge in [0, 0.05) is 0 Å². The summed E-state index contributed by atoms with van der Waals surface area (Å²) >= 11 is 0. The van der Waals surface area contributed by atoms with Crippen molar-refractivity contribution >= 4 is 0 Å². The Bertz CT molecular complexity index is 251. The third kappa shape index (κ3) is 2.56. The molecule has 0 aromatic heterocycles. The number of hydrogen-bond acceptors (Lipinski definition) is 1. The molecule has 1 aromatic carbocycles. The molecule has 0 aliphatic carbocycles. The first kappa shape index (κ1) is 8.76. The van der Waals surface area contributed by atoms with Crippen molar-refractivity contribution in [2.45, 2.75) is 31.8 Å². The van der Waals surface area contributed by atoms with Crippen molar-refractivity contribution in [1.82, 2.24) is 0 Å². The molecule has 0 saturated carbocycles. The zero-order valence-electron chi connectivity index (χ0n) is 8.07. The van der Waals surface area contributed by atoms with Crippen LogP contribution in [-0.2, 0) is 4.74 Å². The first-order chi connectivity index (χ1) is 6.36. The van der Waals surface area contributed by atoms with Gasteiger partial charge in [0.1, 0.15) is 0 Å². The quantitative estimate of drug-likeness (QED) is 0.642. The highest BCUT2D eigenvalue weighted by atomic mass is 16.6. The standard InChI is InChI=1S/C12H16O/c1-10(7-8-12-9-13-12)11-5-3-2-4-6-11/h2-6,10,12H,7-9H2,1H3.